The zero-order chi connectivity index (χ0) is 14.4. The highest BCUT2D eigenvalue weighted by molar-refractivity contribution is 5.79. The molecular weight excluding hydrogens is 240 g/mol. The molecule has 2 aromatic carbocycles. The third-order valence-corrected chi connectivity index (χ3v) is 3.43. The topological polar surface area (TPSA) is 0 Å². The maximum absolute atomic E-state index is 2.30. The zero-order valence-corrected chi connectivity index (χ0v) is 12.6. The first kappa shape index (κ1) is 14.3. The Balaban J connectivity index is 2.51. The van der Waals surface area contributed by atoms with E-state index in [9.17, 15) is 0 Å². The second kappa shape index (κ2) is 6.91. The molecule has 20 heavy (non-hydrogen) atoms. The lowest BCUT2D eigenvalue weighted by atomic mass is 9.94. The Morgan fingerprint density at radius 2 is 1.75 bits per heavy atom. The van der Waals surface area contributed by atoms with Crippen LogP contribution in [-0.4, -0.2) is 0 Å². The van der Waals surface area contributed by atoms with Crippen molar-refractivity contribution < 1.29 is 0 Å². The van der Waals surface area contributed by atoms with E-state index in [1.807, 2.05) is 0 Å². The molecule has 0 amide bonds. The summed E-state index contributed by atoms with van der Waals surface area (Å²) in [4.78, 5) is 0. The lowest BCUT2D eigenvalue weighted by Gasteiger charge is -2.10. The summed E-state index contributed by atoms with van der Waals surface area (Å²) in [6, 6.07) is 17.3. The molecule has 0 nitrogen and oxygen atoms in total. The van der Waals surface area contributed by atoms with Crippen LogP contribution in [0.5, 0.6) is 0 Å². The monoisotopic (exact) mass is 262 g/mol. The molecule has 0 atom stereocenters. The van der Waals surface area contributed by atoms with Crippen molar-refractivity contribution in [2.75, 3.05) is 0 Å². The van der Waals surface area contributed by atoms with Gasteiger partial charge in [0.2, 0.25) is 0 Å². The molecule has 0 unspecified atom stereocenters. The Morgan fingerprint density at radius 3 is 2.40 bits per heavy atom. The summed E-state index contributed by atoms with van der Waals surface area (Å²) in [5, 5.41) is 0. The Labute approximate surface area is 122 Å². The number of rotatable bonds is 4. The lowest BCUT2D eigenvalue weighted by molar-refractivity contribution is 1.22. The van der Waals surface area contributed by atoms with Crippen molar-refractivity contribution in [3.63, 3.8) is 0 Å². The van der Waals surface area contributed by atoms with E-state index in [4.69, 9.17) is 0 Å². The van der Waals surface area contributed by atoms with Crippen LogP contribution in [0.4, 0.5) is 0 Å². The Kier molecular flexibility index (Phi) is 4.95. The van der Waals surface area contributed by atoms with Crippen molar-refractivity contribution >= 4 is 5.57 Å². The first-order valence-electron chi connectivity index (χ1n) is 7.25. The van der Waals surface area contributed by atoms with Crippen LogP contribution in [-0.2, 0) is 0 Å². The van der Waals surface area contributed by atoms with Gasteiger partial charge < -0.3 is 0 Å². The van der Waals surface area contributed by atoms with E-state index in [0.717, 1.165) is 6.42 Å². The largest absolute Gasteiger partial charge is 0.0871 e. The fourth-order valence-electron chi connectivity index (χ4n) is 2.41. The third-order valence-electron chi connectivity index (χ3n) is 3.43. The van der Waals surface area contributed by atoms with Crippen LogP contribution in [0.1, 0.15) is 31.4 Å². The predicted octanol–water partition coefficient (Wildman–Crippen LogP) is 6.03. The molecule has 0 N–H and O–H groups in total. The van der Waals surface area contributed by atoms with Crippen LogP contribution in [0.2, 0.25) is 0 Å². The van der Waals surface area contributed by atoms with Gasteiger partial charge in [0.25, 0.3) is 0 Å². The van der Waals surface area contributed by atoms with Crippen molar-refractivity contribution in [3.8, 4) is 11.1 Å². The Morgan fingerprint density at radius 1 is 1.00 bits per heavy atom. The minimum atomic E-state index is 1.05. The molecule has 0 aliphatic carbocycles. The lowest BCUT2D eigenvalue weighted by Crippen LogP contribution is -1.89. The molecule has 0 spiro atoms. The summed E-state index contributed by atoms with van der Waals surface area (Å²) in [6.45, 7) is 6.43. The van der Waals surface area contributed by atoms with Gasteiger partial charge in [-0.25, -0.2) is 0 Å². The van der Waals surface area contributed by atoms with Crippen LogP contribution < -0.4 is 0 Å². The first-order chi connectivity index (χ1) is 9.76. The maximum Gasteiger partial charge on any atom is -0.0152 e. The van der Waals surface area contributed by atoms with E-state index in [0.29, 0.717) is 0 Å². The van der Waals surface area contributed by atoms with E-state index in [-0.39, 0.29) is 0 Å². The summed E-state index contributed by atoms with van der Waals surface area (Å²) >= 11 is 0. The summed E-state index contributed by atoms with van der Waals surface area (Å²) < 4.78 is 0. The molecule has 2 aromatic rings. The fraction of sp³-hybridized carbons (Fsp3) is 0.200. The second-order valence-electron chi connectivity index (χ2n) is 4.96. The molecule has 0 heterocycles. The highest BCUT2D eigenvalue weighted by Gasteiger charge is 2.05. The van der Waals surface area contributed by atoms with Crippen LogP contribution in [0, 0.1) is 6.92 Å². The van der Waals surface area contributed by atoms with Crippen molar-refractivity contribution in [3.05, 3.63) is 77.9 Å². The van der Waals surface area contributed by atoms with Crippen LogP contribution in [0.3, 0.4) is 0 Å². The van der Waals surface area contributed by atoms with E-state index >= 15 is 0 Å². The van der Waals surface area contributed by atoms with Gasteiger partial charge in [0.1, 0.15) is 0 Å². The maximum atomic E-state index is 2.30. The molecule has 0 aliphatic rings. The Bertz CT molecular complexity index is 616. The van der Waals surface area contributed by atoms with Gasteiger partial charge >= 0.3 is 0 Å². The molecule has 0 bridgehead atoms. The standard InChI is InChI=1S/C20H22/c1-4-9-18(10-5-2)20-15-19(14-13-16(20)3)17-11-7-6-8-12-17/h4,6-15H,5H2,1-3H3/b9-4-,18-10+. The highest BCUT2D eigenvalue weighted by atomic mass is 14.1. The summed E-state index contributed by atoms with van der Waals surface area (Å²) in [5.41, 5.74) is 6.50. The van der Waals surface area contributed by atoms with Crippen molar-refractivity contribution in [2.24, 2.45) is 0 Å². The number of allylic oxidation sites excluding steroid dienone is 4. The minimum absolute atomic E-state index is 1.05. The van der Waals surface area contributed by atoms with Crippen LogP contribution >= 0.6 is 0 Å². The molecule has 0 saturated carbocycles. The van der Waals surface area contributed by atoms with E-state index < -0.39 is 0 Å². The molecule has 2 rings (SSSR count). The van der Waals surface area contributed by atoms with Gasteiger partial charge in [-0.2, -0.15) is 0 Å². The normalized spacial score (nSPS) is 12.1. The average molecular weight is 262 g/mol. The van der Waals surface area contributed by atoms with E-state index in [1.54, 1.807) is 0 Å². The fourth-order valence-corrected chi connectivity index (χ4v) is 2.41. The molecule has 0 radical (unpaired) electrons. The van der Waals surface area contributed by atoms with Gasteiger partial charge in [-0.3, -0.25) is 0 Å². The number of hydrogen-bond donors (Lipinski definition) is 0. The van der Waals surface area contributed by atoms with Gasteiger partial charge in [0, 0.05) is 0 Å². The number of aryl methyl sites for hydroxylation is 1. The smallest absolute Gasteiger partial charge is 0.0152 e. The summed E-state index contributed by atoms with van der Waals surface area (Å²) in [7, 11) is 0. The van der Waals surface area contributed by atoms with Gasteiger partial charge in [-0.1, -0.05) is 67.6 Å². The van der Waals surface area contributed by atoms with Gasteiger partial charge in [-0.15, -0.1) is 0 Å². The minimum Gasteiger partial charge on any atom is -0.0871 e. The molecule has 0 aromatic heterocycles. The van der Waals surface area contributed by atoms with E-state index in [1.165, 1.54) is 27.8 Å². The molecule has 102 valence electrons. The summed E-state index contributed by atoms with van der Waals surface area (Å²) in [5.74, 6) is 0. The van der Waals surface area contributed by atoms with Gasteiger partial charge in [0.15, 0.2) is 0 Å². The molecule has 0 fully saturated rings. The average Bonchev–Trinajstić information content (AvgIpc) is 2.48. The number of benzene rings is 2. The van der Waals surface area contributed by atoms with Gasteiger partial charge in [0.05, 0.1) is 0 Å². The van der Waals surface area contributed by atoms with E-state index in [2.05, 4.69) is 87.5 Å². The van der Waals surface area contributed by atoms with Crippen LogP contribution in [0.15, 0.2) is 66.8 Å². The number of hydrogen-bond acceptors (Lipinski definition) is 0. The first-order valence-corrected chi connectivity index (χ1v) is 7.25. The zero-order valence-electron chi connectivity index (χ0n) is 12.6. The quantitative estimate of drug-likeness (QED) is 0.590. The van der Waals surface area contributed by atoms with Crippen molar-refractivity contribution in [2.45, 2.75) is 27.2 Å². The van der Waals surface area contributed by atoms with Crippen molar-refractivity contribution in [1.82, 2.24) is 0 Å². The SMILES string of the molecule is C/C=C\C(=C/CC)c1cc(-c2ccccc2)ccc1C. The summed E-state index contributed by atoms with van der Waals surface area (Å²) in [6.07, 6.45) is 7.64. The molecule has 0 heteroatoms. The molecule has 0 saturated heterocycles. The molecule has 0 aliphatic heterocycles. The predicted molar refractivity (Wildman–Crippen MR) is 89.7 cm³/mol. The van der Waals surface area contributed by atoms with Crippen molar-refractivity contribution in [1.29, 1.82) is 0 Å². The third kappa shape index (κ3) is 3.27. The molecular formula is C20H22. The van der Waals surface area contributed by atoms with Gasteiger partial charge in [-0.05, 0) is 54.2 Å². The van der Waals surface area contributed by atoms with Crippen LogP contribution in [0.25, 0.3) is 16.7 Å². The highest BCUT2D eigenvalue weighted by Crippen LogP contribution is 2.27. The Hall–Kier alpha value is -2.08. The second-order valence-corrected chi connectivity index (χ2v) is 4.96.